The van der Waals surface area contributed by atoms with E-state index in [0.717, 1.165) is 11.3 Å². The highest BCUT2D eigenvalue weighted by molar-refractivity contribution is 7.91. The van der Waals surface area contributed by atoms with Crippen molar-refractivity contribution in [2.75, 3.05) is 12.4 Å². The van der Waals surface area contributed by atoms with Crippen molar-refractivity contribution in [2.24, 2.45) is 4.99 Å². The van der Waals surface area contributed by atoms with Crippen LogP contribution in [-0.4, -0.2) is 42.1 Å². The monoisotopic (exact) mass is 477 g/mol. The molecule has 1 amide bonds. The lowest BCUT2D eigenvalue weighted by atomic mass is 10.2. The van der Waals surface area contributed by atoms with Gasteiger partial charge in [0.2, 0.25) is 0 Å². The molecule has 0 unspecified atom stereocenters. The largest absolute Gasteiger partial charge is 0.465 e. The molecule has 0 saturated carbocycles. The van der Waals surface area contributed by atoms with Gasteiger partial charge in [0.25, 0.3) is 11.6 Å². The molecule has 12 heteroatoms. The molecule has 0 aliphatic carbocycles. The molecule has 0 saturated heterocycles. The van der Waals surface area contributed by atoms with Crippen LogP contribution in [-0.2, 0) is 25.9 Å². The number of benzene rings is 2. The molecule has 0 atom stereocenters. The molecule has 32 heavy (non-hydrogen) atoms. The normalized spacial score (nSPS) is 12.1. The van der Waals surface area contributed by atoms with Gasteiger partial charge in [-0.05, 0) is 31.2 Å². The highest BCUT2D eigenvalue weighted by atomic mass is 32.2. The summed E-state index contributed by atoms with van der Waals surface area (Å²) >= 11 is 0.998. The number of rotatable bonds is 7. The van der Waals surface area contributed by atoms with Crippen molar-refractivity contribution in [1.29, 1.82) is 0 Å². The van der Waals surface area contributed by atoms with Crippen molar-refractivity contribution in [2.45, 2.75) is 25.3 Å². The second-order valence-corrected chi connectivity index (χ2v) is 9.82. The second kappa shape index (κ2) is 9.40. The molecular formula is C20H19N3O7S2. The Hall–Kier alpha value is -3.38. The van der Waals surface area contributed by atoms with E-state index in [0.29, 0.717) is 10.2 Å². The van der Waals surface area contributed by atoms with Crippen LogP contribution < -0.4 is 4.80 Å². The predicted octanol–water partition coefficient (Wildman–Crippen LogP) is 2.71. The summed E-state index contributed by atoms with van der Waals surface area (Å²) in [6.07, 6.45) is 0. The van der Waals surface area contributed by atoms with Crippen molar-refractivity contribution in [3.63, 3.8) is 0 Å². The number of fused-ring (bicyclic) bond motifs is 1. The highest BCUT2D eigenvalue weighted by Gasteiger charge is 2.17. The molecule has 168 valence electrons. The summed E-state index contributed by atoms with van der Waals surface area (Å²) in [6, 6.07) is 9.64. The molecule has 3 aromatic rings. The topological polar surface area (TPSA) is 138 Å². The van der Waals surface area contributed by atoms with Crippen LogP contribution in [0.2, 0.25) is 0 Å². The Morgan fingerprint density at radius 2 is 1.94 bits per heavy atom. The zero-order valence-corrected chi connectivity index (χ0v) is 18.8. The number of ether oxygens (including phenoxy) is 1. The van der Waals surface area contributed by atoms with Crippen molar-refractivity contribution >= 4 is 49.0 Å². The molecule has 0 aliphatic heterocycles. The predicted molar refractivity (Wildman–Crippen MR) is 117 cm³/mol. The molecule has 3 rings (SSSR count). The maximum Gasteiger partial charge on any atom is 0.326 e. The first kappa shape index (κ1) is 23.3. The number of esters is 1. The van der Waals surface area contributed by atoms with Gasteiger partial charge in [-0.2, -0.15) is 4.99 Å². The Labute approximate surface area is 186 Å². The van der Waals surface area contributed by atoms with E-state index < -0.39 is 26.6 Å². The second-order valence-electron chi connectivity index (χ2n) is 6.53. The number of amides is 1. The number of aromatic nitrogens is 1. The lowest BCUT2D eigenvalue weighted by Gasteiger charge is -2.05. The van der Waals surface area contributed by atoms with Gasteiger partial charge >= 0.3 is 5.97 Å². The Morgan fingerprint density at radius 1 is 1.19 bits per heavy atom. The van der Waals surface area contributed by atoms with E-state index in [4.69, 9.17) is 4.74 Å². The van der Waals surface area contributed by atoms with E-state index in [1.807, 2.05) is 0 Å². The van der Waals surface area contributed by atoms with Gasteiger partial charge < -0.3 is 9.30 Å². The molecule has 0 aliphatic rings. The summed E-state index contributed by atoms with van der Waals surface area (Å²) in [6.45, 7) is 3.08. The Morgan fingerprint density at radius 3 is 2.59 bits per heavy atom. The maximum atomic E-state index is 12.8. The number of non-ortho nitro benzene ring substituents is 1. The summed E-state index contributed by atoms with van der Waals surface area (Å²) in [7, 11) is -3.51. The number of sulfone groups is 1. The summed E-state index contributed by atoms with van der Waals surface area (Å²) in [5.41, 5.74) is 0.394. The van der Waals surface area contributed by atoms with Crippen LogP contribution in [0.4, 0.5) is 5.69 Å². The molecule has 0 fully saturated rings. The van der Waals surface area contributed by atoms with Gasteiger partial charge in [0.15, 0.2) is 14.6 Å². The van der Waals surface area contributed by atoms with Crippen LogP contribution >= 0.6 is 11.3 Å². The fraction of sp³-hybridized carbons (Fsp3) is 0.250. The number of carbonyl (C=O) groups is 2. The van der Waals surface area contributed by atoms with E-state index in [9.17, 15) is 28.1 Å². The zero-order valence-electron chi connectivity index (χ0n) is 17.2. The third kappa shape index (κ3) is 4.92. The first-order chi connectivity index (χ1) is 15.2. The smallest absolute Gasteiger partial charge is 0.326 e. The molecule has 2 aromatic carbocycles. The molecule has 1 aromatic heterocycles. The SMILES string of the molecule is CCOC(=O)Cn1c(=NC(=O)c2cccc(S(=O)(=O)CC)c2)sc2cc([N+](=O)[O-])ccc21. The third-order valence-electron chi connectivity index (χ3n) is 4.49. The van der Waals surface area contributed by atoms with Crippen LogP contribution in [0.3, 0.4) is 0 Å². The molecule has 0 radical (unpaired) electrons. The van der Waals surface area contributed by atoms with E-state index in [-0.39, 0.29) is 39.9 Å². The summed E-state index contributed by atoms with van der Waals surface area (Å²) in [4.78, 5) is 39.7. The molecular weight excluding hydrogens is 458 g/mol. The first-order valence-electron chi connectivity index (χ1n) is 9.51. The number of thiazole rings is 1. The first-order valence-corrected chi connectivity index (χ1v) is 12.0. The van der Waals surface area contributed by atoms with Gasteiger partial charge in [-0.15, -0.1) is 0 Å². The standard InChI is InChI=1S/C20H19N3O7S2/c1-3-30-18(24)12-22-16-9-8-14(23(26)27)11-17(16)31-20(22)21-19(25)13-6-5-7-15(10-13)32(28,29)4-2/h5-11H,3-4,12H2,1-2H3. The van der Waals surface area contributed by atoms with Gasteiger partial charge in [0.1, 0.15) is 6.54 Å². The number of nitrogens with zero attached hydrogens (tertiary/aromatic N) is 3. The number of nitro benzene ring substituents is 1. The van der Waals surface area contributed by atoms with Gasteiger partial charge in [-0.3, -0.25) is 19.7 Å². The number of hydrogen-bond donors (Lipinski definition) is 0. The number of carbonyl (C=O) groups excluding carboxylic acids is 2. The van der Waals surface area contributed by atoms with Crippen molar-refractivity contribution < 1.29 is 27.7 Å². The lowest BCUT2D eigenvalue weighted by molar-refractivity contribution is -0.384. The minimum atomic E-state index is -3.51. The molecule has 10 nitrogen and oxygen atoms in total. The molecule has 0 spiro atoms. The Kier molecular flexibility index (Phi) is 6.84. The van der Waals surface area contributed by atoms with Crippen molar-refractivity contribution in [1.82, 2.24) is 4.57 Å². The Bertz CT molecular complexity index is 1390. The average molecular weight is 478 g/mol. The molecule has 0 bridgehead atoms. The molecule has 0 N–H and O–H groups in total. The maximum absolute atomic E-state index is 12.8. The minimum Gasteiger partial charge on any atom is -0.465 e. The number of hydrogen-bond acceptors (Lipinski definition) is 8. The quantitative estimate of drug-likeness (QED) is 0.290. The van der Waals surface area contributed by atoms with E-state index in [1.54, 1.807) is 6.92 Å². The molecule has 1 heterocycles. The fourth-order valence-corrected chi connectivity index (χ4v) is 4.88. The van der Waals surface area contributed by atoms with Gasteiger partial charge in [-0.25, -0.2) is 8.42 Å². The minimum absolute atomic E-state index is 0.00687. The van der Waals surface area contributed by atoms with Gasteiger partial charge in [-0.1, -0.05) is 24.3 Å². The van der Waals surface area contributed by atoms with E-state index in [2.05, 4.69) is 4.99 Å². The van der Waals surface area contributed by atoms with E-state index >= 15 is 0 Å². The van der Waals surface area contributed by atoms with Crippen LogP contribution in [0.1, 0.15) is 24.2 Å². The third-order valence-corrected chi connectivity index (χ3v) is 7.26. The van der Waals surface area contributed by atoms with Gasteiger partial charge in [0, 0.05) is 17.7 Å². The van der Waals surface area contributed by atoms with Crippen molar-refractivity contribution in [3.05, 3.63) is 62.9 Å². The zero-order chi connectivity index (χ0) is 23.5. The summed E-state index contributed by atoms with van der Waals surface area (Å²) in [5, 5.41) is 11.1. The van der Waals surface area contributed by atoms with Crippen LogP contribution in [0, 0.1) is 10.1 Å². The number of nitro groups is 1. The van der Waals surface area contributed by atoms with Crippen LogP contribution in [0.15, 0.2) is 52.4 Å². The van der Waals surface area contributed by atoms with Crippen molar-refractivity contribution in [3.8, 4) is 0 Å². The summed E-state index contributed by atoms with van der Waals surface area (Å²) < 4.78 is 31.1. The highest BCUT2D eigenvalue weighted by Crippen LogP contribution is 2.23. The average Bonchev–Trinajstić information content (AvgIpc) is 3.09. The lowest BCUT2D eigenvalue weighted by Crippen LogP contribution is -2.23. The Balaban J connectivity index is 2.13. The fourth-order valence-electron chi connectivity index (χ4n) is 2.89. The summed E-state index contributed by atoms with van der Waals surface area (Å²) in [5.74, 6) is -1.39. The van der Waals surface area contributed by atoms with Crippen LogP contribution in [0.25, 0.3) is 10.2 Å². The van der Waals surface area contributed by atoms with Gasteiger partial charge in [0.05, 0.1) is 32.4 Å². The van der Waals surface area contributed by atoms with Crippen LogP contribution in [0.5, 0.6) is 0 Å². The van der Waals surface area contributed by atoms with E-state index in [1.165, 1.54) is 54.0 Å².